The number of hydrogen-bond donors (Lipinski definition) is 1. The molecule has 0 radical (unpaired) electrons. The van der Waals surface area contributed by atoms with E-state index in [-0.39, 0.29) is 5.56 Å². The minimum Gasteiger partial charge on any atom is -0.261 e. The Kier molecular flexibility index (Phi) is 3.35. The molecule has 0 atom stereocenters. The zero-order chi connectivity index (χ0) is 12.1. The van der Waals surface area contributed by atoms with E-state index in [1.807, 2.05) is 0 Å². The number of halogens is 2. The van der Waals surface area contributed by atoms with Gasteiger partial charge in [0.2, 0.25) is 0 Å². The van der Waals surface area contributed by atoms with Gasteiger partial charge in [-0.25, -0.2) is 4.84 Å². The maximum absolute atomic E-state index is 13.6. The van der Waals surface area contributed by atoms with Crippen LogP contribution in [0.5, 0.6) is 0 Å². The normalized spacial score (nSPS) is 11.2. The van der Waals surface area contributed by atoms with Crippen molar-refractivity contribution in [2.45, 2.75) is 6.11 Å². The first-order chi connectivity index (χ1) is 8.18. The second-order valence-corrected chi connectivity index (χ2v) is 3.45. The fraction of sp³-hybridized carbons (Fsp3) is 0.0769. The minimum absolute atomic E-state index is 0.191. The Morgan fingerprint density at radius 3 is 1.94 bits per heavy atom. The van der Waals surface area contributed by atoms with Gasteiger partial charge < -0.3 is 0 Å². The highest BCUT2D eigenvalue weighted by Gasteiger charge is 2.33. The molecule has 0 fully saturated rings. The highest BCUT2D eigenvalue weighted by atomic mass is 19.3. The molecule has 0 bridgehead atoms. The lowest BCUT2D eigenvalue weighted by Crippen LogP contribution is -2.21. The summed E-state index contributed by atoms with van der Waals surface area (Å²) in [4.78, 5) is 4.42. The predicted molar refractivity (Wildman–Crippen MR) is 61.5 cm³/mol. The summed E-state index contributed by atoms with van der Waals surface area (Å²) in [7, 11) is 0. The summed E-state index contributed by atoms with van der Waals surface area (Å²) < 4.78 is 27.1. The second kappa shape index (κ2) is 4.93. The van der Waals surface area contributed by atoms with E-state index in [1.54, 1.807) is 36.4 Å². The number of para-hydroxylation sites is 1. The molecule has 0 saturated carbocycles. The molecule has 0 aromatic heterocycles. The maximum Gasteiger partial charge on any atom is 0.402 e. The molecule has 0 unspecified atom stereocenters. The quantitative estimate of drug-likeness (QED) is 0.814. The highest BCUT2D eigenvalue weighted by Crippen LogP contribution is 2.29. The maximum atomic E-state index is 13.6. The van der Waals surface area contributed by atoms with Crippen LogP contribution in [-0.4, -0.2) is 0 Å². The first-order valence-corrected chi connectivity index (χ1v) is 5.11. The smallest absolute Gasteiger partial charge is 0.261 e. The van der Waals surface area contributed by atoms with Gasteiger partial charge in [0.15, 0.2) is 0 Å². The third-order valence-electron chi connectivity index (χ3n) is 2.18. The predicted octanol–water partition coefficient (Wildman–Crippen LogP) is 3.78. The molecule has 0 spiro atoms. The minimum atomic E-state index is -3.36. The van der Waals surface area contributed by atoms with Gasteiger partial charge >= 0.3 is 6.11 Å². The van der Waals surface area contributed by atoms with Crippen molar-refractivity contribution in [3.8, 4) is 0 Å². The van der Waals surface area contributed by atoms with Crippen molar-refractivity contribution in [1.82, 2.24) is 0 Å². The molecular weight excluding hydrogens is 224 g/mol. The summed E-state index contributed by atoms with van der Waals surface area (Å²) in [5.41, 5.74) is 2.52. The van der Waals surface area contributed by atoms with E-state index >= 15 is 0 Å². The van der Waals surface area contributed by atoms with E-state index in [9.17, 15) is 8.78 Å². The molecular formula is C13H11F2NO. The van der Waals surface area contributed by atoms with Gasteiger partial charge in [-0.1, -0.05) is 48.5 Å². The van der Waals surface area contributed by atoms with E-state index in [0.717, 1.165) is 0 Å². The average Bonchev–Trinajstić information content (AvgIpc) is 2.39. The van der Waals surface area contributed by atoms with Gasteiger partial charge in [-0.3, -0.25) is 5.48 Å². The van der Waals surface area contributed by atoms with Crippen LogP contribution in [0.4, 0.5) is 14.5 Å². The van der Waals surface area contributed by atoms with Crippen LogP contribution in [-0.2, 0) is 10.9 Å². The van der Waals surface area contributed by atoms with Crippen molar-refractivity contribution in [2.24, 2.45) is 0 Å². The summed E-state index contributed by atoms with van der Waals surface area (Å²) in [6.07, 6.45) is -3.36. The number of benzene rings is 2. The molecule has 0 amide bonds. The molecule has 88 valence electrons. The first kappa shape index (κ1) is 11.5. The molecule has 1 N–H and O–H groups in total. The lowest BCUT2D eigenvalue weighted by atomic mass is 10.2. The monoisotopic (exact) mass is 235 g/mol. The van der Waals surface area contributed by atoms with Crippen molar-refractivity contribution in [2.75, 3.05) is 5.48 Å². The number of anilines is 1. The Balaban J connectivity index is 2.03. The molecule has 2 rings (SSSR count). The van der Waals surface area contributed by atoms with Crippen LogP contribution in [0.2, 0.25) is 0 Å². The van der Waals surface area contributed by atoms with Gasteiger partial charge in [0.25, 0.3) is 0 Å². The lowest BCUT2D eigenvalue weighted by Gasteiger charge is -2.17. The third kappa shape index (κ3) is 3.01. The third-order valence-corrected chi connectivity index (χ3v) is 2.18. The Hall–Kier alpha value is -1.94. The van der Waals surface area contributed by atoms with Gasteiger partial charge in [-0.05, 0) is 12.1 Å². The second-order valence-electron chi connectivity index (χ2n) is 3.45. The van der Waals surface area contributed by atoms with Gasteiger partial charge in [-0.2, -0.15) is 8.78 Å². The summed E-state index contributed by atoms with van der Waals surface area (Å²) in [6, 6.07) is 15.9. The largest absolute Gasteiger partial charge is 0.402 e. The van der Waals surface area contributed by atoms with Crippen LogP contribution >= 0.6 is 0 Å². The van der Waals surface area contributed by atoms with E-state index in [0.29, 0.717) is 5.69 Å². The molecule has 0 aliphatic heterocycles. The molecule has 17 heavy (non-hydrogen) atoms. The summed E-state index contributed by atoms with van der Waals surface area (Å²) in [5, 5.41) is 0. The van der Waals surface area contributed by atoms with E-state index in [1.165, 1.54) is 24.3 Å². The fourth-order valence-corrected chi connectivity index (χ4v) is 1.32. The van der Waals surface area contributed by atoms with E-state index in [2.05, 4.69) is 10.3 Å². The Labute approximate surface area is 97.8 Å². The van der Waals surface area contributed by atoms with Gasteiger partial charge in [0.1, 0.15) is 0 Å². The molecule has 2 aromatic carbocycles. The van der Waals surface area contributed by atoms with E-state index < -0.39 is 6.11 Å². The zero-order valence-electron chi connectivity index (χ0n) is 8.94. The van der Waals surface area contributed by atoms with Crippen molar-refractivity contribution in [3.63, 3.8) is 0 Å². The topological polar surface area (TPSA) is 21.3 Å². The molecule has 4 heteroatoms. The van der Waals surface area contributed by atoms with Crippen LogP contribution in [0.3, 0.4) is 0 Å². The Morgan fingerprint density at radius 2 is 1.35 bits per heavy atom. The molecule has 2 aromatic rings. The lowest BCUT2D eigenvalue weighted by molar-refractivity contribution is -0.231. The summed E-state index contributed by atoms with van der Waals surface area (Å²) in [6.45, 7) is 0. The standard InChI is InChI=1S/C13H11F2NO/c14-13(15,11-7-3-1-4-8-11)17-16-12-9-5-2-6-10-12/h1-10,16H. The number of alkyl halides is 2. The van der Waals surface area contributed by atoms with Gasteiger partial charge in [0, 0.05) is 0 Å². The van der Waals surface area contributed by atoms with Crippen LogP contribution < -0.4 is 5.48 Å². The van der Waals surface area contributed by atoms with Crippen LogP contribution in [0.15, 0.2) is 60.7 Å². The molecule has 0 aliphatic carbocycles. The molecule has 0 aliphatic rings. The van der Waals surface area contributed by atoms with Crippen molar-refractivity contribution < 1.29 is 13.6 Å². The summed E-state index contributed by atoms with van der Waals surface area (Å²) in [5.74, 6) is 0. The molecule has 0 heterocycles. The summed E-state index contributed by atoms with van der Waals surface area (Å²) >= 11 is 0. The average molecular weight is 235 g/mol. The first-order valence-electron chi connectivity index (χ1n) is 5.11. The fourth-order valence-electron chi connectivity index (χ4n) is 1.32. The zero-order valence-corrected chi connectivity index (χ0v) is 8.94. The van der Waals surface area contributed by atoms with Gasteiger partial charge in [0.05, 0.1) is 11.3 Å². The van der Waals surface area contributed by atoms with E-state index in [4.69, 9.17) is 0 Å². The SMILES string of the molecule is FC(F)(ONc1ccccc1)c1ccccc1. The van der Waals surface area contributed by atoms with Crippen molar-refractivity contribution >= 4 is 5.69 Å². The van der Waals surface area contributed by atoms with Crippen LogP contribution in [0, 0.1) is 0 Å². The van der Waals surface area contributed by atoms with Gasteiger partial charge in [-0.15, -0.1) is 0 Å². The highest BCUT2D eigenvalue weighted by molar-refractivity contribution is 5.40. The number of hydrogen-bond acceptors (Lipinski definition) is 2. The molecule has 0 saturated heterocycles. The Morgan fingerprint density at radius 1 is 0.824 bits per heavy atom. The van der Waals surface area contributed by atoms with Crippen LogP contribution in [0.1, 0.15) is 5.56 Å². The molecule has 2 nitrogen and oxygen atoms in total. The number of rotatable bonds is 4. The number of nitrogens with one attached hydrogen (secondary N) is 1. The van der Waals surface area contributed by atoms with Crippen molar-refractivity contribution in [3.05, 3.63) is 66.2 Å². The van der Waals surface area contributed by atoms with Crippen molar-refractivity contribution in [1.29, 1.82) is 0 Å². The van der Waals surface area contributed by atoms with Crippen LogP contribution in [0.25, 0.3) is 0 Å². The Bertz CT molecular complexity index is 459.